The second-order valence-electron chi connectivity index (χ2n) is 4.25. The smallest absolute Gasteiger partial charge is 0.0682 e. The summed E-state index contributed by atoms with van der Waals surface area (Å²) < 4.78 is 0. The maximum Gasteiger partial charge on any atom is 0.0682 e. The van der Waals surface area contributed by atoms with Gasteiger partial charge in [-0.05, 0) is 30.5 Å². The summed E-state index contributed by atoms with van der Waals surface area (Å²) >= 11 is 0. The Kier molecular flexibility index (Phi) is 5.94. The molecule has 0 aromatic heterocycles. The zero-order chi connectivity index (χ0) is 11.8. The molecule has 0 aliphatic carbocycles. The van der Waals surface area contributed by atoms with Gasteiger partial charge >= 0.3 is 0 Å². The van der Waals surface area contributed by atoms with Gasteiger partial charge in [0.15, 0.2) is 0 Å². The van der Waals surface area contributed by atoms with Crippen LogP contribution in [-0.2, 0) is 6.61 Å². The molecule has 1 atom stereocenters. The van der Waals surface area contributed by atoms with Crippen molar-refractivity contribution in [2.75, 3.05) is 5.32 Å². The third kappa shape index (κ3) is 4.23. The molecule has 1 aromatic rings. The van der Waals surface area contributed by atoms with E-state index in [4.69, 9.17) is 5.11 Å². The van der Waals surface area contributed by atoms with Gasteiger partial charge in [0.05, 0.1) is 6.61 Å². The fraction of sp³-hybridized carbons (Fsp3) is 0.571. The van der Waals surface area contributed by atoms with Gasteiger partial charge in [-0.1, -0.05) is 38.8 Å². The fourth-order valence-corrected chi connectivity index (χ4v) is 1.82. The molecule has 0 aliphatic heterocycles. The topological polar surface area (TPSA) is 32.3 Å². The van der Waals surface area contributed by atoms with Crippen LogP contribution in [0.2, 0.25) is 0 Å². The van der Waals surface area contributed by atoms with Crippen molar-refractivity contribution in [3.63, 3.8) is 0 Å². The molecule has 0 saturated heterocycles. The quantitative estimate of drug-likeness (QED) is 0.738. The molecule has 1 unspecified atom stereocenters. The molecule has 1 aromatic carbocycles. The fourth-order valence-electron chi connectivity index (χ4n) is 1.82. The second kappa shape index (κ2) is 7.29. The number of rotatable bonds is 7. The molecule has 0 bridgehead atoms. The van der Waals surface area contributed by atoms with Gasteiger partial charge in [0.25, 0.3) is 0 Å². The van der Waals surface area contributed by atoms with E-state index in [1.807, 2.05) is 18.2 Å². The Bertz CT molecular complexity index is 299. The highest BCUT2D eigenvalue weighted by Gasteiger charge is 2.05. The summed E-state index contributed by atoms with van der Waals surface area (Å²) in [5.41, 5.74) is 2.09. The summed E-state index contributed by atoms with van der Waals surface area (Å²) in [6.07, 6.45) is 4.87. The van der Waals surface area contributed by atoms with Crippen molar-refractivity contribution in [1.29, 1.82) is 0 Å². The van der Waals surface area contributed by atoms with Gasteiger partial charge in [0.2, 0.25) is 0 Å². The van der Waals surface area contributed by atoms with Gasteiger partial charge in [-0.15, -0.1) is 0 Å². The lowest BCUT2D eigenvalue weighted by molar-refractivity contribution is 0.282. The Balaban J connectivity index is 2.55. The third-order valence-corrected chi connectivity index (χ3v) is 2.88. The summed E-state index contributed by atoms with van der Waals surface area (Å²) in [7, 11) is 0. The number of unbranched alkanes of at least 4 members (excludes halogenated alkanes) is 1. The lowest BCUT2D eigenvalue weighted by atomic mass is 10.1. The first-order valence-electron chi connectivity index (χ1n) is 6.26. The molecular formula is C14H23NO. The lowest BCUT2D eigenvalue weighted by Gasteiger charge is -2.18. The van der Waals surface area contributed by atoms with E-state index in [0.29, 0.717) is 6.04 Å². The van der Waals surface area contributed by atoms with E-state index in [0.717, 1.165) is 17.7 Å². The van der Waals surface area contributed by atoms with Gasteiger partial charge in [-0.25, -0.2) is 0 Å². The van der Waals surface area contributed by atoms with Crippen LogP contribution in [-0.4, -0.2) is 11.1 Å². The van der Waals surface area contributed by atoms with Crippen LogP contribution in [0.15, 0.2) is 24.3 Å². The number of aliphatic hydroxyl groups excluding tert-OH is 1. The highest BCUT2D eigenvalue weighted by molar-refractivity contribution is 5.46. The summed E-state index contributed by atoms with van der Waals surface area (Å²) in [5, 5.41) is 12.6. The maximum absolute atomic E-state index is 9.07. The van der Waals surface area contributed by atoms with Gasteiger partial charge in [0.1, 0.15) is 0 Å². The zero-order valence-electron chi connectivity index (χ0n) is 10.4. The molecule has 90 valence electrons. The van der Waals surface area contributed by atoms with Crippen molar-refractivity contribution in [2.45, 2.75) is 52.2 Å². The van der Waals surface area contributed by atoms with E-state index >= 15 is 0 Å². The van der Waals surface area contributed by atoms with Crippen molar-refractivity contribution in [2.24, 2.45) is 0 Å². The van der Waals surface area contributed by atoms with E-state index in [2.05, 4.69) is 25.2 Å². The van der Waals surface area contributed by atoms with Crippen LogP contribution in [0.4, 0.5) is 5.69 Å². The number of benzene rings is 1. The molecule has 2 heteroatoms. The summed E-state index contributed by atoms with van der Waals surface area (Å²) in [4.78, 5) is 0. The molecule has 0 spiro atoms. The first-order chi connectivity index (χ1) is 7.80. The van der Waals surface area contributed by atoms with E-state index in [-0.39, 0.29) is 6.61 Å². The van der Waals surface area contributed by atoms with E-state index in [1.54, 1.807) is 0 Å². The predicted molar refractivity (Wildman–Crippen MR) is 69.6 cm³/mol. The van der Waals surface area contributed by atoms with Crippen LogP contribution in [0.25, 0.3) is 0 Å². The van der Waals surface area contributed by atoms with Crippen molar-refractivity contribution in [1.82, 2.24) is 0 Å². The zero-order valence-corrected chi connectivity index (χ0v) is 10.4. The van der Waals surface area contributed by atoms with Crippen molar-refractivity contribution in [3.8, 4) is 0 Å². The monoisotopic (exact) mass is 221 g/mol. The molecule has 0 fully saturated rings. The number of nitrogens with one attached hydrogen (secondary N) is 1. The molecule has 0 heterocycles. The molecule has 16 heavy (non-hydrogen) atoms. The predicted octanol–water partition coefficient (Wildman–Crippen LogP) is 3.56. The van der Waals surface area contributed by atoms with Gasteiger partial charge < -0.3 is 10.4 Å². The Morgan fingerprint density at radius 1 is 1.31 bits per heavy atom. The SMILES string of the molecule is CCCCC(CC)Nc1cccc(CO)c1. The van der Waals surface area contributed by atoms with Crippen LogP contribution in [0, 0.1) is 0 Å². The number of hydrogen-bond acceptors (Lipinski definition) is 2. The number of anilines is 1. The van der Waals surface area contributed by atoms with Crippen LogP contribution in [0.3, 0.4) is 0 Å². The molecule has 0 radical (unpaired) electrons. The maximum atomic E-state index is 9.07. The van der Waals surface area contributed by atoms with Crippen LogP contribution >= 0.6 is 0 Å². The Hall–Kier alpha value is -1.02. The Morgan fingerprint density at radius 3 is 2.75 bits per heavy atom. The molecule has 0 amide bonds. The van der Waals surface area contributed by atoms with Crippen molar-refractivity contribution >= 4 is 5.69 Å². The van der Waals surface area contributed by atoms with Crippen LogP contribution < -0.4 is 5.32 Å². The standard InChI is InChI=1S/C14H23NO/c1-3-5-8-13(4-2)15-14-9-6-7-12(10-14)11-16/h6-7,9-10,13,15-16H,3-5,8,11H2,1-2H3. The largest absolute Gasteiger partial charge is 0.392 e. The summed E-state index contributed by atoms with van der Waals surface area (Å²) in [6.45, 7) is 4.55. The Morgan fingerprint density at radius 2 is 2.12 bits per heavy atom. The van der Waals surface area contributed by atoms with Crippen molar-refractivity contribution in [3.05, 3.63) is 29.8 Å². The first-order valence-corrected chi connectivity index (χ1v) is 6.26. The van der Waals surface area contributed by atoms with Gasteiger partial charge in [0, 0.05) is 11.7 Å². The average Bonchev–Trinajstić information content (AvgIpc) is 2.34. The number of aliphatic hydroxyl groups is 1. The van der Waals surface area contributed by atoms with Gasteiger partial charge in [-0.3, -0.25) is 0 Å². The van der Waals surface area contributed by atoms with Crippen molar-refractivity contribution < 1.29 is 5.11 Å². The molecular weight excluding hydrogens is 198 g/mol. The van der Waals surface area contributed by atoms with Crippen LogP contribution in [0.5, 0.6) is 0 Å². The first kappa shape index (κ1) is 13.0. The minimum absolute atomic E-state index is 0.112. The normalized spacial score (nSPS) is 12.4. The van der Waals surface area contributed by atoms with E-state index < -0.39 is 0 Å². The second-order valence-corrected chi connectivity index (χ2v) is 4.25. The summed E-state index contributed by atoms with van der Waals surface area (Å²) in [6, 6.07) is 8.56. The average molecular weight is 221 g/mol. The Labute approximate surface area is 98.7 Å². The van der Waals surface area contributed by atoms with E-state index in [9.17, 15) is 0 Å². The minimum Gasteiger partial charge on any atom is -0.392 e. The van der Waals surface area contributed by atoms with E-state index in [1.165, 1.54) is 19.3 Å². The minimum atomic E-state index is 0.112. The molecule has 1 rings (SSSR count). The molecule has 2 nitrogen and oxygen atoms in total. The highest BCUT2D eigenvalue weighted by atomic mass is 16.3. The molecule has 0 aliphatic rings. The van der Waals surface area contributed by atoms with Crippen LogP contribution in [0.1, 0.15) is 45.1 Å². The summed E-state index contributed by atoms with van der Waals surface area (Å²) in [5.74, 6) is 0. The third-order valence-electron chi connectivity index (χ3n) is 2.88. The molecule has 2 N–H and O–H groups in total. The highest BCUT2D eigenvalue weighted by Crippen LogP contribution is 2.15. The van der Waals surface area contributed by atoms with Gasteiger partial charge in [-0.2, -0.15) is 0 Å². The number of hydrogen-bond donors (Lipinski definition) is 2. The molecule has 0 saturated carbocycles. The lowest BCUT2D eigenvalue weighted by Crippen LogP contribution is -2.18.